The van der Waals surface area contributed by atoms with Crippen LogP contribution in [0.25, 0.3) is 0 Å². The van der Waals surface area contributed by atoms with E-state index in [1.54, 1.807) is 11.3 Å². The molecule has 1 aliphatic heterocycles. The molecule has 1 aromatic carbocycles. The van der Waals surface area contributed by atoms with Crippen LogP contribution in [0.5, 0.6) is 0 Å². The molecule has 0 aliphatic carbocycles. The molecule has 1 fully saturated rings. The predicted molar refractivity (Wildman–Crippen MR) is 114 cm³/mol. The van der Waals surface area contributed by atoms with E-state index in [1.807, 2.05) is 24.3 Å². The Kier molecular flexibility index (Phi) is 7.23. The molecule has 0 saturated carbocycles. The van der Waals surface area contributed by atoms with E-state index in [2.05, 4.69) is 40.0 Å². The Labute approximate surface area is 171 Å². The monoisotopic (exact) mass is 399 g/mol. The lowest BCUT2D eigenvalue weighted by Crippen LogP contribution is -2.41. The zero-order valence-corrected chi connectivity index (χ0v) is 17.4. The van der Waals surface area contributed by atoms with Gasteiger partial charge in [-0.1, -0.05) is 25.1 Å². The summed E-state index contributed by atoms with van der Waals surface area (Å²) in [6.07, 6.45) is 2.78. The van der Waals surface area contributed by atoms with Gasteiger partial charge in [0.1, 0.15) is 0 Å². The van der Waals surface area contributed by atoms with Crippen molar-refractivity contribution in [3.63, 3.8) is 0 Å². The molecular formula is C22H29N3O2S. The third-order valence-corrected chi connectivity index (χ3v) is 6.24. The van der Waals surface area contributed by atoms with E-state index in [0.717, 1.165) is 30.3 Å². The number of amides is 2. The van der Waals surface area contributed by atoms with Gasteiger partial charge in [-0.05, 0) is 61.0 Å². The molecule has 2 amide bonds. The first-order valence-corrected chi connectivity index (χ1v) is 10.8. The number of benzene rings is 1. The highest BCUT2D eigenvalue weighted by Gasteiger charge is 2.25. The minimum atomic E-state index is -0.0998. The summed E-state index contributed by atoms with van der Waals surface area (Å²) >= 11 is 1.76. The summed E-state index contributed by atoms with van der Waals surface area (Å²) in [5, 5.41) is 7.97. The zero-order valence-electron chi connectivity index (χ0n) is 16.6. The normalized spacial score (nSPS) is 16.5. The number of hydrogen-bond donors (Lipinski definition) is 2. The van der Waals surface area contributed by atoms with Crippen molar-refractivity contribution in [2.75, 3.05) is 25.0 Å². The first-order chi connectivity index (χ1) is 13.5. The SMILES string of the molecule is CC(=O)Nc1ccc(CC(=O)NC[C@H](c2cccs2)N2CCC(C)CC2)cc1. The van der Waals surface area contributed by atoms with Crippen molar-refractivity contribution < 1.29 is 9.59 Å². The molecule has 150 valence electrons. The second-order valence-corrected chi connectivity index (χ2v) is 8.59. The number of nitrogens with one attached hydrogen (secondary N) is 2. The third kappa shape index (κ3) is 5.91. The maximum Gasteiger partial charge on any atom is 0.224 e. The molecule has 2 N–H and O–H groups in total. The summed E-state index contributed by atoms with van der Waals surface area (Å²) in [7, 11) is 0. The van der Waals surface area contributed by atoms with Crippen LogP contribution in [0.2, 0.25) is 0 Å². The fourth-order valence-corrected chi connectivity index (χ4v) is 4.46. The molecule has 3 rings (SSSR count). The van der Waals surface area contributed by atoms with E-state index in [9.17, 15) is 9.59 Å². The summed E-state index contributed by atoms with van der Waals surface area (Å²) in [6, 6.07) is 11.9. The van der Waals surface area contributed by atoms with E-state index in [1.165, 1.54) is 24.6 Å². The molecule has 1 atom stereocenters. The third-order valence-electron chi connectivity index (χ3n) is 5.26. The summed E-state index contributed by atoms with van der Waals surface area (Å²) in [5.41, 5.74) is 1.68. The van der Waals surface area contributed by atoms with Crippen molar-refractivity contribution in [3.05, 3.63) is 52.2 Å². The molecule has 2 aromatic rings. The van der Waals surface area contributed by atoms with Gasteiger partial charge in [-0.25, -0.2) is 0 Å². The first kappa shape index (κ1) is 20.6. The Morgan fingerprint density at radius 1 is 1.18 bits per heavy atom. The van der Waals surface area contributed by atoms with Gasteiger partial charge in [0.2, 0.25) is 11.8 Å². The Hall–Kier alpha value is -2.18. The standard InChI is InChI=1S/C22H29N3O2S/c1-16-9-11-25(12-10-16)20(21-4-3-13-28-21)15-23-22(27)14-18-5-7-19(8-6-18)24-17(2)26/h3-8,13,16,20H,9-12,14-15H2,1-2H3,(H,23,27)(H,24,26)/t20-/m1/s1. The molecule has 2 heterocycles. The van der Waals surface area contributed by atoms with Crippen molar-refractivity contribution in [3.8, 4) is 0 Å². The second kappa shape index (κ2) is 9.85. The number of anilines is 1. The van der Waals surface area contributed by atoms with E-state index < -0.39 is 0 Å². The summed E-state index contributed by atoms with van der Waals surface area (Å²) < 4.78 is 0. The Bertz CT molecular complexity index is 766. The number of piperidine rings is 1. The lowest BCUT2D eigenvalue weighted by Gasteiger charge is -2.36. The lowest BCUT2D eigenvalue weighted by molar-refractivity contribution is -0.120. The number of likely N-dealkylation sites (tertiary alicyclic amines) is 1. The quantitative estimate of drug-likeness (QED) is 0.744. The summed E-state index contributed by atoms with van der Waals surface area (Å²) in [6.45, 7) is 6.61. The predicted octanol–water partition coefficient (Wildman–Crippen LogP) is 3.84. The van der Waals surface area contributed by atoms with E-state index in [4.69, 9.17) is 0 Å². The number of thiophene rings is 1. The highest BCUT2D eigenvalue weighted by atomic mass is 32.1. The van der Waals surface area contributed by atoms with Gasteiger partial charge in [-0.15, -0.1) is 11.3 Å². The minimum absolute atomic E-state index is 0.0270. The second-order valence-electron chi connectivity index (χ2n) is 7.61. The maximum atomic E-state index is 12.5. The highest BCUT2D eigenvalue weighted by Crippen LogP contribution is 2.29. The summed E-state index contributed by atoms with van der Waals surface area (Å²) in [4.78, 5) is 27.4. The molecular weight excluding hydrogens is 370 g/mol. The molecule has 5 nitrogen and oxygen atoms in total. The van der Waals surface area contributed by atoms with Crippen LogP contribution >= 0.6 is 11.3 Å². The molecule has 0 radical (unpaired) electrons. The van der Waals surface area contributed by atoms with Crippen molar-refractivity contribution in [1.82, 2.24) is 10.2 Å². The van der Waals surface area contributed by atoms with Crippen LogP contribution in [0.15, 0.2) is 41.8 Å². The van der Waals surface area contributed by atoms with Gasteiger partial charge in [-0.2, -0.15) is 0 Å². The zero-order chi connectivity index (χ0) is 19.9. The van der Waals surface area contributed by atoms with Gasteiger partial charge in [0.05, 0.1) is 12.5 Å². The largest absolute Gasteiger partial charge is 0.354 e. The number of carbonyl (C=O) groups excluding carboxylic acids is 2. The number of nitrogens with zero attached hydrogens (tertiary/aromatic N) is 1. The van der Waals surface area contributed by atoms with Gasteiger partial charge in [-0.3, -0.25) is 14.5 Å². The van der Waals surface area contributed by atoms with E-state index in [0.29, 0.717) is 13.0 Å². The number of carbonyl (C=O) groups is 2. The van der Waals surface area contributed by atoms with Crippen LogP contribution in [0.4, 0.5) is 5.69 Å². The fourth-order valence-electron chi connectivity index (χ4n) is 3.60. The Morgan fingerprint density at radius 2 is 1.89 bits per heavy atom. The molecule has 1 saturated heterocycles. The Balaban J connectivity index is 1.55. The van der Waals surface area contributed by atoms with Crippen LogP contribution in [-0.4, -0.2) is 36.3 Å². The van der Waals surface area contributed by atoms with Gasteiger partial charge >= 0.3 is 0 Å². The van der Waals surface area contributed by atoms with Crippen molar-refractivity contribution in [2.24, 2.45) is 5.92 Å². The van der Waals surface area contributed by atoms with Gasteiger partial charge in [0.25, 0.3) is 0 Å². The van der Waals surface area contributed by atoms with Crippen LogP contribution < -0.4 is 10.6 Å². The van der Waals surface area contributed by atoms with Crippen molar-refractivity contribution in [1.29, 1.82) is 0 Å². The molecule has 0 unspecified atom stereocenters. The van der Waals surface area contributed by atoms with E-state index >= 15 is 0 Å². The van der Waals surface area contributed by atoms with Crippen LogP contribution in [-0.2, 0) is 16.0 Å². The van der Waals surface area contributed by atoms with Gasteiger partial charge in [0, 0.05) is 24.0 Å². The average Bonchev–Trinajstić information content (AvgIpc) is 3.19. The van der Waals surface area contributed by atoms with Gasteiger partial charge in [0.15, 0.2) is 0 Å². The van der Waals surface area contributed by atoms with Crippen molar-refractivity contribution >= 4 is 28.8 Å². The molecule has 1 aliphatic rings. The van der Waals surface area contributed by atoms with E-state index in [-0.39, 0.29) is 17.9 Å². The fraction of sp³-hybridized carbons (Fsp3) is 0.455. The molecule has 0 bridgehead atoms. The minimum Gasteiger partial charge on any atom is -0.354 e. The van der Waals surface area contributed by atoms with Crippen LogP contribution in [0.3, 0.4) is 0 Å². The molecule has 1 aromatic heterocycles. The molecule has 28 heavy (non-hydrogen) atoms. The smallest absolute Gasteiger partial charge is 0.224 e. The van der Waals surface area contributed by atoms with Crippen molar-refractivity contribution in [2.45, 2.75) is 39.2 Å². The van der Waals surface area contributed by atoms with Crippen LogP contribution in [0, 0.1) is 5.92 Å². The van der Waals surface area contributed by atoms with Gasteiger partial charge < -0.3 is 10.6 Å². The first-order valence-electron chi connectivity index (χ1n) is 9.92. The topological polar surface area (TPSA) is 61.4 Å². The molecule has 0 spiro atoms. The maximum absolute atomic E-state index is 12.5. The summed E-state index contributed by atoms with van der Waals surface area (Å²) in [5.74, 6) is 0.715. The Morgan fingerprint density at radius 3 is 2.50 bits per heavy atom. The molecule has 6 heteroatoms. The van der Waals surface area contributed by atoms with Crippen LogP contribution in [0.1, 0.15) is 43.2 Å². The number of hydrogen-bond acceptors (Lipinski definition) is 4. The lowest BCUT2D eigenvalue weighted by atomic mass is 9.97. The highest BCUT2D eigenvalue weighted by molar-refractivity contribution is 7.10. The number of rotatable bonds is 7. The average molecular weight is 400 g/mol.